The average Bonchev–Trinajstić information content (AvgIpc) is 3.50. The maximum atomic E-state index is 13.8. The molecule has 40 heavy (non-hydrogen) atoms. The molecule has 0 spiro atoms. The lowest BCUT2D eigenvalue weighted by Crippen LogP contribution is -2.42. The van der Waals surface area contributed by atoms with Gasteiger partial charge in [-0.05, 0) is 90.3 Å². The monoisotopic (exact) mass is 557 g/mol. The Morgan fingerprint density at radius 1 is 1.07 bits per heavy atom. The third kappa shape index (κ3) is 5.23. The molecule has 1 fully saturated rings. The van der Waals surface area contributed by atoms with Crippen LogP contribution in [-0.4, -0.2) is 45.6 Å². The topological polar surface area (TPSA) is 81.0 Å². The van der Waals surface area contributed by atoms with Crippen LogP contribution in [0.3, 0.4) is 0 Å². The SMILES string of the molecule is C[C@]12Cc3cnn(-c4ccc(F)cc4)c3C=C1CC[C@@H]2CN(CCc1ccccn1)S(=O)(=O)Cc1cccnc1. The Hall–Kier alpha value is -3.69. The van der Waals surface area contributed by atoms with Crippen LogP contribution in [0, 0.1) is 17.2 Å². The van der Waals surface area contributed by atoms with E-state index in [0.717, 1.165) is 41.9 Å². The number of aromatic nitrogens is 4. The van der Waals surface area contributed by atoms with Crippen molar-refractivity contribution in [3.05, 3.63) is 113 Å². The number of nitrogens with zero attached hydrogens (tertiary/aromatic N) is 5. The first-order chi connectivity index (χ1) is 19.3. The molecule has 0 radical (unpaired) electrons. The van der Waals surface area contributed by atoms with E-state index in [9.17, 15) is 12.8 Å². The summed E-state index contributed by atoms with van der Waals surface area (Å²) in [5.74, 6) is -0.196. The highest BCUT2D eigenvalue weighted by molar-refractivity contribution is 7.88. The Balaban J connectivity index is 1.26. The third-order valence-corrected chi connectivity index (χ3v) is 10.3. The number of sulfonamides is 1. The molecule has 1 saturated carbocycles. The summed E-state index contributed by atoms with van der Waals surface area (Å²) < 4.78 is 44.6. The molecule has 0 saturated heterocycles. The smallest absolute Gasteiger partial charge is 0.218 e. The van der Waals surface area contributed by atoms with Crippen molar-refractivity contribution >= 4 is 16.1 Å². The van der Waals surface area contributed by atoms with Crippen LogP contribution in [0.1, 0.15) is 42.3 Å². The van der Waals surface area contributed by atoms with E-state index in [-0.39, 0.29) is 22.9 Å². The molecule has 0 amide bonds. The number of pyridine rings is 2. The minimum Gasteiger partial charge on any atom is -0.264 e. The van der Waals surface area contributed by atoms with E-state index in [1.807, 2.05) is 29.1 Å². The van der Waals surface area contributed by atoms with E-state index in [0.29, 0.717) is 25.1 Å². The van der Waals surface area contributed by atoms with Gasteiger partial charge in [0, 0.05) is 43.8 Å². The summed E-state index contributed by atoms with van der Waals surface area (Å²) in [6.45, 7) is 3.09. The summed E-state index contributed by atoms with van der Waals surface area (Å²) in [4.78, 5) is 8.53. The third-order valence-electron chi connectivity index (χ3n) is 8.46. The number of benzene rings is 1. The molecule has 7 nitrogen and oxygen atoms in total. The van der Waals surface area contributed by atoms with Gasteiger partial charge in [0.25, 0.3) is 0 Å². The molecule has 2 aliphatic carbocycles. The fourth-order valence-corrected chi connectivity index (χ4v) is 7.73. The number of allylic oxidation sites excluding steroid dienone is 1. The van der Waals surface area contributed by atoms with Crippen LogP contribution in [0.25, 0.3) is 11.8 Å². The van der Waals surface area contributed by atoms with Crippen molar-refractivity contribution in [1.82, 2.24) is 24.1 Å². The molecule has 6 rings (SSSR count). The highest BCUT2D eigenvalue weighted by atomic mass is 32.2. The van der Waals surface area contributed by atoms with Gasteiger partial charge >= 0.3 is 0 Å². The fourth-order valence-electron chi connectivity index (χ4n) is 6.17. The standard InChI is InChI=1S/C31H32FN5O2S/c1-31-18-24-20-35-37(29-11-9-27(32)10-12-29)30(24)17-25(31)7-8-26(31)21-36(16-13-28-6-2-3-15-34-28)40(38,39)22-23-5-4-14-33-19-23/h2-6,9-12,14-15,17,19-20,26H,7-8,13,16,18,21-22H2,1H3/t26-,31+/m1/s1. The summed E-state index contributed by atoms with van der Waals surface area (Å²) in [6, 6.07) is 15.7. The minimum atomic E-state index is -3.59. The van der Waals surface area contributed by atoms with Gasteiger partial charge in [0.15, 0.2) is 0 Å². The number of hydrogen-bond donors (Lipinski definition) is 0. The molecule has 9 heteroatoms. The van der Waals surface area contributed by atoms with Crippen LogP contribution >= 0.6 is 0 Å². The lowest BCUT2D eigenvalue weighted by Gasteiger charge is -2.38. The van der Waals surface area contributed by atoms with Gasteiger partial charge in [-0.1, -0.05) is 24.6 Å². The van der Waals surface area contributed by atoms with Gasteiger partial charge in [-0.3, -0.25) is 9.97 Å². The van der Waals surface area contributed by atoms with Crippen LogP contribution in [0.2, 0.25) is 0 Å². The summed E-state index contributed by atoms with van der Waals surface area (Å²) in [5, 5.41) is 4.62. The molecule has 206 valence electrons. The zero-order valence-corrected chi connectivity index (χ0v) is 23.3. The van der Waals surface area contributed by atoms with Crippen molar-refractivity contribution < 1.29 is 12.8 Å². The van der Waals surface area contributed by atoms with Gasteiger partial charge in [0.2, 0.25) is 10.0 Å². The predicted molar refractivity (Wildman–Crippen MR) is 152 cm³/mol. The van der Waals surface area contributed by atoms with E-state index in [1.165, 1.54) is 17.7 Å². The maximum Gasteiger partial charge on any atom is 0.218 e. The summed E-state index contributed by atoms with van der Waals surface area (Å²) in [7, 11) is -3.59. The zero-order chi connectivity index (χ0) is 27.7. The molecule has 0 N–H and O–H groups in total. The molecule has 3 heterocycles. The zero-order valence-electron chi connectivity index (χ0n) is 22.4. The molecule has 1 aromatic carbocycles. The Kier molecular flexibility index (Phi) is 7.10. The first kappa shape index (κ1) is 26.5. The number of hydrogen-bond acceptors (Lipinski definition) is 5. The first-order valence-corrected chi connectivity index (χ1v) is 15.2. The van der Waals surface area contributed by atoms with Gasteiger partial charge < -0.3 is 0 Å². The molecule has 0 bridgehead atoms. The van der Waals surface area contributed by atoms with Crippen LogP contribution in [-0.2, 0) is 28.6 Å². The molecule has 0 aliphatic heterocycles. The fraction of sp³-hybridized carbons (Fsp3) is 0.323. The first-order valence-electron chi connectivity index (χ1n) is 13.6. The number of fused-ring (bicyclic) bond motifs is 2. The Morgan fingerprint density at radius 3 is 2.67 bits per heavy atom. The highest BCUT2D eigenvalue weighted by Gasteiger charge is 2.46. The quantitative estimate of drug-likeness (QED) is 0.282. The lowest BCUT2D eigenvalue weighted by molar-refractivity contribution is 0.221. The second-order valence-electron chi connectivity index (χ2n) is 11.0. The summed E-state index contributed by atoms with van der Waals surface area (Å²) in [6.07, 6.45) is 12.3. The van der Waals surface area contributed by atoms with E-state index in [2.05, 4.69) is 28.1 Å². The van der Waals surface area contributed by atoms with E-state index in [4.69, 9.17) is 0 Å². The Morgan fingerprint density at radius 2 is 1.93 bits per heavy atom. The molecule has 0 unspecified atom stereocenters. The lowest BCUT2D eigenvalue weighted by atomic mass is 9.70. The van der Waals surface area contributed by atoms with Crippen molar-refractivity contribution in [2.75, 3.05) is 13.1 Å². The number of rotatable bonds is 9. The molecule has 3 aromatic heterocycles. The van der Waals surface area contributed by atoms with Crippen molar-refractivity contribution in [2.24, 2.45) is 11.3 Å². The van der Waals surface area contributed by atoms with Crippen LogP contribution in [0.5, 0.6) is 0 Å². The second-order valence-corrected chi connectivity index (χ2v) is 13.0. The molecule has 2 atom stereocenters. The average molecular weight is 558 g/mol. The summed E-state index contributed by atoms with van der Waals surface area (Å²) in [5.41, 5.74) is 5.67. The van der Waals surface area contributed by atoms with Gasteiger partial charge in [-0.2, -0.15) is 5.10 Å². The van der Waals surface area contributed by atoms with Gasteiger partial charge in [-0.25, -0.2) is 21.8 Å². The summed E-state index contributed by atoms with van der Waals surface area (Å²) >= 11 is 0. The van der Waals surface area contributed by atoms with Gasteiger partial charge in [0.1, 0.15) is 5.82 Å². The van der Waals surface area contributed by atoms with Crippen molar-refractivity contribution in [1.29, 1.82) is 0 Å². The molecular weight excluding hydrogens is 525 g/mol. The maximum absolute atomic E-state index is 13.8. The Labute approximate surface area is 234 Å². The van der Waals surface area contributed by atoms with Crippen LogP contribution < -0.4 is 0 Å². The molecule has 4 aromatic rings. The van der Waals surface area contributed by atoms with Crippen molar-refractivity contribution in [3.63, 3.8) is 0 Å². The normalized spacial score (nSPS) is 20.3. The second kappa shape index (κ2) is 10.7. The van der Waals surface area contributed by atoms with Crippen molar-refractivity contribution in [3.8, 4) is 5.69 Å². The van der Waals surface area contributed by atoms with E-state index >= 15 is 0 Å². The Bertz CT molecular complexity index is 1620. The van der Waals surface area contributed by atoms with Crippen molar-refractivity contribution in [2.45, 2.75) is 38.4 Å². The van der Waals surface area contributed by atoms with E-state index in [1.54, 1.807) is 47.2 Å². The largest absolute Gasteiger partial charge is 0.264 e. The minimum absolute atomic E-state index is 0.0796. The molecular formula is C31H32FN5O2S. The van der Waals surface area contributed by atoms with Gasteiger partial charge in [0.05, 0.1) is 23.3 Å². The van der Waals surface area contributed by atoms with E-state index < -0.39 is 10.0 Å². The van der Waals surface area contributed by atoms with Gasteiger partial charge in [-0.15, -0.1) is 0 Å². The highest BCUT2D eigenvalue weighted by Crippen LogP contribution is 2.53. The number of halogens is 1. The van der Waals surface area contributed by atoms with Crippen LogP contribution in [0.15, 0.2) is 85.0 Å². The van der Waals surface area contributed by atoms with Crippen LogP contribution in [0.4, 0.5) is 4.39 Å². The predicted octanol–water partition coefficient (Wildman–Crippen LogP) is 5.23. The molecule has 2 aliphatic rings.